The van der Waals surface area contributed by atoms with Crippen molar-refractivity contribution in [1.29, 1.82) is 0 Å². The molecule has 0 aromatic heterocycles. The van der Waals surface area contributed by atoms with Crippen molar-refractivity contribution in [2.75, 3.05) is 11.9 Å². The molecule has 112 valence electrons. The predicted octanol–water partition coefficient (Wildman–Crippen LogP) is 3.54. The van der Waals surface area contributed by atoms with E-state index in [-0.39, 0.29) is 0 Å². The Hall–Kier alpha value is -1.55. The van der Waals surface area contributed by atoms with Crippen molar-refractivity contribution in [1.82, 2.24) is 0 Å². The fourth-order valence-electron chi connectivity index (χ4n) is 1.93. The molecule has 4 nitrogen and oxygen atoms in total. The minimum Gasteiger partial charge on any atom is -0.444 e. The summed E-state index contributed by atoms with van der Waals surface area (Å²) in [7, 11) is 0. The molecule has 0 radical (unpaired) electrons. The van der Waals surface area contributed by atoms with Gasteiger partial charge in [0.05, 0.1) is 0 Å². The van der Waals surface area contributed by atoms with E-state index in [0.29, 0.717) is 6.54 Å². The first-order chi connectivity index (χ1) is 9.23. The third-order valence-corrected chi connectivity index (χ3v) is 3.03. The van der Waals surface area contributed by atoms with Crippen LogP contribution in [0.2, 0.25) is 0 Å². The van der Waals surface area contributed by atoms with E-state index >= 15 is 0 Å². The summed E-state index contributed by atoms with van der Waals surface area (Å²) in [5.41, 5.74) is 9.26. The average molecular weight is 278 g/mol. The fraction of sp³-hybridized carbons (Fsp3) is 0.562. The van der Waals surface area contributed by atoms with Crippen LogP contribution in [0.15, 0.2) is 12.1 Å². The quantitative estimate of drug-likeness (QED) is 0.885. The number of amides is 1. The van der Waals surface area contributed by atoms with E-state index in [1.807, 2.05) is 40.7 Å². The first kappa shape index (κ1) is 16.5. The van der Waals surface area contributed by atoms with E-state index in [1.54, 1.807) is 0 Å². The molecular weight excluding hydrogens is 252 g/mol. The molecule has 0 unspecified atom stereocenters. The molecule has 3 N–H and O–H groups in total. The van der Waals surface area contributed by atoms with Crippen LogP contribution in [0.5, 0.6) is 0 Å². The molecular formula is C16H26N2O2. The zero-order chi connectivity index (χ0) is 15.3. The first-order valence-corrected chi connectivity index (χ1v) is 7.03. The molecule has 4 heteroatoms. The Bertz CT molecular complexity index is 476. The minimum absolute atomic E-state index is 0.420. The number of anilines is 1. The summed E-state index contributed by atoms with van der Waals surface area (Å²) < 4.78 is 5.29. The average Bonchev–Trinajstić information content (AvgIpc) is 2.30. The van der Waals surface area contributed by atoms with E-state index in [4.69, 9.17) is 10.5 Å². The Labute approximate surface area is 121 Å². The number of benzene rings is 1. The number of hydrogen-bond donors (Lipinski definition) is 2. The highest BCUT2D eigenvalue weighted by molar-refractivity contribution is 5.86. The number of nitrogens with two attached hydrogens (primary N) is 1. The molecule has 1 aromatic rings. The van der Waals surface area contributed by atoms with E-state index in [2.05, 4.69) is 11.4 Å². The molecule has 0 aliphatic carbocycles. The van der Waals surface area contributed by atoms with E-state index in [9.17, 15) is 4.79 Å². The van der Waals surface area contributed by atoms with Crippen LogP contribution in [-0.2, 0) is 11.2 Å². The van der Waals surface area contributed by atoms with Gasteiger partial charge >= 0.3 is 6.09 Å². The summed E-state index contributed by atoms with van der Waals surface area (Å²) in [4.78, 5) is 11.9. The van der Waals surface area contributed by atoms with Gasteiger partial charge in [0.1, 0.15) is 5.60 Å². The topological polar surface area (TPSA) is 64.3 Å². The van der Waals surface area contributed by atoms with Crippen molar-refractivity contribution in [2.24, 2.45) is 5.73 Å². The van der Waals surface area contributed by atoms with Crippen LogP contribution in [0.4, 0.5) is 10.5 Å². The van der Waals surface area contributed by atoms with Crippen LogP contribution in [0.1, 0.15) is 43.9 Å². The molecule has 0 saturated carbocycles. The molecule has 0 fully saturated rings. The van der Waals surface area contributed by atoms with Crippen LogP contribution in [0.3, 0.4) is 0 Å². The summed E-state index contributed by atoms with van der Waals surface area (Å²) in [6.07, 6.45) is 1.44. The standard InChI is InChI=1S/C16H26N2O2/c1-11-9-13(7-6-8-17)10-14(12(11)2)18-15(19)20-16(3,4)5/h9-10H,6-8,17H2,1-5H3,(H,18,19). The smallest absolute Gasteiger partial charge is 0.412 e. The Morgan fingerprint density at radius 2 is 1.95 bits per heavy atom. The number of carbonyl (C=O) groups is 1. The number of hydrogen-bond acceptors (Lipinski definition) is 3. The van der Waals surface area contributed by atoms with Gasteiger partial charge in [0.15, 0.2) is 0 Å². The normalized spacial score (nSPS) is 11.3. The number of nitrogens with one attached hydrogen (secondary N) is 1. The predicted molar refractivity (Wildman–Crippen MR) is 83.1 cm³/mol. The van der Waals surface area contributed by atoms with Crippen LogP contribution in [0.25, 0.3) is 0 Å². The Balaban J connectivity index is 2.88. The Kier molecular flexibility index (Phi) is 5.57. The Morgan fingerprint density at radius 1 is 1.30 bits per heavy atom. The van der Waals surface area contributed by atoms with Crippen molar-refractivity contribution in [2.45, 2.75) is 53.1 Å². The van der Waals surface area contributed by atoms with Crippen molar-refractivity contribution in [3.63, 3.8) is 0 Å². The third kappa shape index (κ3) is 5.21. The van der Waals surface area contributed by atoms with Crippen LogP contribution < -0.4 is 11.1 Å². The van der Waals surface area contributed by atoms with Gasteiger partial charge in [-0.25, -0.2) is 4.79 Å². The molecule has 0 bridgehead atoms. The highest BCUT2D eigenvalue weighted by Crippen LogP contribution is 2.23. The molecule has 0 atom stereocenters. The highest BCUT2D eigenvalue weighted by Gasteiger charge is 2.17. The molecule has 0 aliphatic rings. The van der Waals surface area contributed by atoms with Gasteiger partial charge in [-0.1, -0.05) is 6.07 Å². The maximum Gasteiger partial charge on any atom is 0.412 e. The lowest BCUT2D eigenvalue weighted by atomic mass is 10.0. The zero-order valence-corrected chi connectivity index (χ0v) is 13.2. The van der Waals surface area contributed by atoms with Gasteiger partial charge in [0.25, 0.3) is 0 Å². The Morgan fingerprint density at radius 3 is 2.50 bits per heavy atom. The van der Waals surface area contributed by atoms with Gasteiger partial charge < -0.3 is 10.5 Å². The molecule has 0 saturated heterocycles. The minimum atomic E-state index is -0.496. The maximum absolute atomic E-state index is 11.9. The number of rotatable bonds is 4. The molecule has 1 aromatic carbocycles. The molecule has 0 spiro atoms. The van der Waals surface area contributed by atoms with Crippen molar-refractivity contribution in [3.05, 3.63) is 28.8 Å². The molecule has 20 heavy (non-hydrogen) atoms. The maximum atomic E-state index is 11.9. The van der Waals surface area contributed by atoms with Crippen molar-refractivity contribution >= 4 is 11.8 Å². The zero-order valence-electron chi connectivity index (χ0n) is 13.2. The van der Waals surface area contributed by atoms with E-state index in [0.717, 1.165) is 29.7 Å². The van der Waals surface area contributed by atoms with Gasteiger partial charge in [-0.15, -0.1) is 0 Å². The van der Waals surface area contributed by atoms with Crippen LogP contribution >= 0.6 is 0 Å². The molecule has 1 rings (SSSR count). The van der Waals surface area contributed by atoms with Gasteiger partial charge in [-0.3, -0.25) is 5.32 Å². The van der Waals surface area contributed by atoms with Crippen LogP contribution in [0, 0.1) is 13.8 Å². The van der Waals surface area contributed by atoms with Crippen molar-refractivity contribution in [3.8, 4) is 0 Å². The van der Waals surface area contributed by atoms with Crippen molar-refractivity contribution < 1.29 is 9.53 Å². The van der Waals surface area contributed by atoms with E-state index < -0.39 is 11.7 Å². The highest BCUT2D eigenvalue weighted by atomic mass is 16.6. The van der Waals surface area contributed by atoms with Gasteiger partial charge in [0, 0.05) is 5.69 Å². The van der Waals surface area contributed by atoms with Gasteiger partial charge in [0.2, 0.25) is 0 Å². The van der Waals surface area contributed by atoms with E-state index in [1.165, 1.54) is 5.56 Å². The molecule has 0 aliphatic heterocycles. The van der Waals surface area contributed by atoms with Gasteiger partial charge in [-0.2, -0.15) is 0 Å². The SMILES string of the molecule is Cc1cc(CCCN)cc(NC(=O)OC(C)(C)C)c1C. The second-order valence-corrected chi connectivity index (χ2v) is 6.10. The molecule has 1 amide bonds. The second-order valence-electron chi connectivity index (χ2n) is 6.10. The number of ether oxygens (including phenoxy) is 1. The summed E-state index contributed by atoms with van der Waals surface area (Å²) >= 11 is 0. The third-order valence-electron chi connectivity index (χ3n) is 3.03. The monoisotopic (exact) mass is 278 g/mol. The fourth-order valence-corrected chi connectivity index (χ4v) is 1.93. The van der Waals surface area contributed by atoms with Crippen LogP contribution in [-0.4, -0.2) is 18.2 Å². The molecule has 0 heterocycles. The second kappa shape index (κ2) is 6.75. The summed E-state index contributed by atoms with van der Waals surface area (Å²) in [5.74, 6) is 0. The largest absolute Gasteiger partial charge is 0.444 e. The summed E-state index contributed by atoms with van der Waals surface area (Å²) in [6.45, 7) is 10.3. The number of aryl methyl sites for hydroxylation is 2. The summed E-state index contributed by atoms with van der Waals surface area (Å²) in [6, 6.07) is 4.15. The lowest BCUT2D eigenvalue weighted by molar-refractivity contribution is 0.0636. The lowest BCUT2D eigenvalue weighted by Gasteiger charge is -2.21. The first-order valence-electron chi connectivity index (χ1n) is 7.03. The summed E-state index contributed by atoms with van der Waals surface area (Å²) in [5, 5.41) is 2.83. The lowest BCUT2D eigenvalue weighted by Crippen LogP contribution is -2.27. The number of carbonyl (C=O) groups excluding carboxylic acids is 1. The van der Waals surface area contributed by atoms with Gasteiger partial charge in [-0.05, 0) is 76.8 Å².